The largest absolute Gasteiger partial charge is 1.00 e. The van der Waals surface area contributed by atoms with E-state index in [4.69, 9.17) is 20.6 Å². The second kappa shape index (κ2) is 12.4. The number of halogens is 4. The zero-order chi connectivity index (χ0) is 26.9. The van der Waals surface area contributed by atoms with Crippen molar-refractivity contribution in [3.05, 3.63) is 57.7 Å². The molecule has 1 atom stereocenters. The van der Waals surface area contributed by atoms with Gasteiger partial charge < -0.3 is 18.9 Å². The zero-order valence-electron chi connectivity index (χ0n) is 21.2. The molecule has 12 heteroatoms. The van der Waals surface area contributed by atoms with E-state index in [0.717, 1.165) is 25.0 Å². The van der Waals surface area contributed by atoms with Crippen LogP contribution in [0.1, 0.15) is 80.4 Å². The van der Waals surface area contributed by atoms with Gasteiger partial charge in [0.2, 0.25) is 5.76 Å². The number of nitrogens with zero attached hydrogens (tertiary/aromatic N) is 2. The van der Waals surface area contributed by atoms with Crippen LogP contribution < -0.4 is 34.7 Å². The molecule has 4 rings (SSSR count). The number of benzene rings is 1. The van der Waals surface area contributed by atoms with Crippen LogP contribution in [0.2, 0.25) is 5.02 Å². The number of carbonyl (C=O) groups is 2. The monoisotopic (exact) mass is 560 g/mol. The molecule has 198 valence electrons. The molecule has 38 heavy (non-hydrogen) atoms. The zero-order valence-corrected chi connectivity index (χ0v) is 24.0. The third kappa shape index (κ3) is 6.89. The summed E-state index contributed by atoms with van der Waals surface area (Å²) < 4.78 is 53.6. The van der Waals surface area contributed by atoms with Gasteiger partial charge in [0.1, 0.15) is 11.6 Å². The van der Waals surface area contributed by atoms with E-state index in [2.05, 4.69) is 10.3 Å². The first-order chi connectivity index (χ1) is 17.5. The van der Waals surface area contributed by atoms with Crippen LogP contribution in [0.4, 0.5) is 13.2 Å². The SMILES string of the molecule is CC(C)C(F)(F)c1cc(-c2onc([C@@H](CCC(=O)[O-])CC(=O)Cc3ccc(Cl)cc3F)c2C2CC2)no1.[Na+]. The number of hydrogen-bond acceptors (Lipinski definition) is 7. The standard InChI is InChI=1S/C26H26ClF3N2O5.Na/c1-13(2)26(29,30)21-12-20(31-36-21)25-23(14-3-4-14)24(32-37-25)16(6-8-22(34)35)10-18(33)9-15-5-7-17(27)11-19(15)28;/h5,7,11-14,16H,3-4,6,8-10H2,1-2H3,(H,34,35);/q;+1/p-1/t16-;/m0./s1. The van der Waals surface area contributed by atoms with Gasteiger partial charge in [-0.25, -0.2) is 4.39 Å². The van der Waals surface area contributed by atoms with Gasteiger partial charge in [0.05, 0.1) is 5.69 Å². The van der Waals surface area contributed by atoms with Gasteiger partial charge in [-0.2, -0.15) is 8.78 Å². The van der Waals surface area contributed by atoms with E-state index in [-0.39, 0.29) is 89.0 Å². The maximum atomic E-state index is 14.4. The van der Waals surface area contributed by atoms with Gasteiger partial charge in [0.25, 0.3) is 0 Å². The minimum atomic E-state index is -3.24. The number of aliphatic carboxylic acids is 1. The molecule has 1 saturated carbocycles. The fourth-order valence-electron chi connectivity index (χ4n) is 4.23. The summed E-state index contributed by atoms with van der Waals surface area (Å²) in [5.74, 6) is -7.64. The van der Waals surface area contributed by atoms with Crippen LogP contribution in [0.5, 0.6) is 0 Å². The molecule has 1 aliphatic rings. The van der Waals surface area contributed by atoms with Crippen molar-refractivity contribution < 1.29 is 66.5 Å². The molecule has 0 saturated heterocycles. The van der Waals surface area contributed by atoms with E-state index in [0.29, 0.717) is 11.3 Å². The third-order valence-corrected chi connectivity index (χ3v) is 6.73. The van der Waals surface area contributed by atoms with E-state index in [1.54, 1.807) is 0 Å². The van der Waals surface area contributed by atoms with Gasteiger partial charge in [-0.15, -0.1) is 0 Å². The van der Waals surface area contributed by atoms with Crippen molar-refractivity contribution in [3.63, 3.8) is 0 Å². The van der Waals surface area contributed by atoms with E-state index in [9.17, 15) is 27.9 Å². The van der Waals surface area contributed by atoms with Crippen LogP contribution >= 0.6 is 11.6 Å². The predicted octanol–water partition coefficient (Wildman–Crippen LogP) is 2.57. The smallest absolute Gasteiger partial charge is 0.550 e. The van der Waals surface area contributed by atoms with Crippen LogP contribution in [0.25, 0.3) is 11.5 Å². The van der Waals surface area contributed by atoms with Crippen molar-refractivity contribution in [1.82, 2.24) is 10.3 Å². The summed E-state index contributed by atoms with van der Waals surface area (Å²) in [6, 6.07) is 5.12. The van der Waals surface area contributed by atoms with Gasteiger partial charge in [-0.05, 0) is 49.3 Å². The van der Waals surface area contributed by atoms with Gasteiger partial charge in [-0.3, -0.25) is 4.79 Å². The van der Waals surface area contributed by atoms with Crippen LogP contribution in [-0.4, -0.2) is 22.1 Å². The number of carboxylic acid groups (broad SMARTS) is 1. The second-order valence-electron chi connectivity index (χ2n) is 9.70. The third-order valence-electron chi connectivity index (χ3n) is 6.50. The van der Waals surface area contributed by atoms with Crippen molar-refractivity contribution in [1.29, 1.82) is 0 Å². The molecular formula is C26H25ClF3N2NaO5. The van der Waals surface area contributed by atoms with Gasteiger partial charge in [-0.1, -0.05) is 41.8 Å². The van der Waals surface area contributed by atoms with Gasteiger partial charge >= 0.3 is 35.5 Å². The first-order valence-corrected chi connectivity index (χ1v) is 12.4. The summed E-state index contributed by atoms with van der Waals surface area (Å²) in [7, 11) is 0. The molecule has 0 aliphatic heterocycles. The minimum Gasteiger partial charge on any atom is -0.550 e. The molecule has 0 bridgehead atoms. The molecule has 7 nitrogen and oxygen atoms in total. The van der Waals surface area contributed by atoms with E-state index in [1.807, 2.05) is 0 Å². The normalized spacial score (nSPS) is 14.4. The maximum Gasteiger partial charge on any atom is 1.00 e. The Bertz CT molecular complexity index is 1310. The molecule has 2 aromatic heterocycles. The first kappa shape index (κ1) is 30.4. The molecule has 0 unspecified atom stereocenters. The number of ketones is 1. The molecule has 0 N–H and O–H groups in total. The Morgan fingerprint density at radius 1 is 1.18 bits per heavy atom. The fraction of sp³-hybridized carbons (Fsp3) is 0.462. The number of aromatic nitrogens is 2. The molecule has 3 aromatic rings. The number of rotatable bonds is 12. The van der Waals surface area contributed by atoms with Crippen molar-refractivity contribution in [2.24, 2.45) is 5.92 Å². The molecule has 2 heterocycles. The Morgan fingerprint density at radius 2 is 1.89 bits per heavy atom. The fourth-order valence-corrected chi connectivity index (χ4v) is 4.39. The number of alkyl halides is 2. The minimum absolute atomic E-state index is 0. The predicted molar refractivity (Wildman–Crippen MR) is 124 cm³/mol. The summed E-state index contributed by atoms with van der Waals surface area (Å²) >= 11 is 5.78. The van der Waals surface area contributed by atoms with Crippen molar-refractivity contribution in [2.45, 2.75) is 70.1 Å². The maximum absolute atomic E-state index is 14.4. The number of carbonyl (C=O) groups excluding carboxylic acids is 2. The molecule has 1 fully saturated rings. The van der Waals surface area contributed by atoms with Crippen LogP contribution in [0.3, 0.4) is 0 Å². The van der Waals surface area contributed by atoms with Crippen molar-refractivity contribution in [2.75, 3.05) is 0 Å². The average molecular weight is 561 g/mol. The number of hydrogen-bond donors (Lipinski definition) is 0. The Labute approximate surface area is 244 Å². The number of Topliss-reactive ketones (excluding diaryl/α,β-unsaturated/α-hetero) is 1. The molecule has 1 aliphatic carbocycles. The summed E-state index contributed by atoms with van der Waals surface area (Å²) in [6.45, 7) is 2.72. The molecule has 0 spiro atoms. The van der Waals surface area contributed by atoms with Crippen molar-refractivity contribution >= 4 is 23.4 Å². The summed E-state index contributed by atoms with van der Waals surface area (Å²) in [5.41, 5.74) is 1.17. The van der Waals surface area contributed by atoms with Crippen LogP contribution in [-0.2, 0) is 21.9 Å². The topological polar surface area (TPSA) is 109 Å². The molecule has 0 amide bonds. The Hall–Kier alpha value is -2.14. The van der Waals surface area contributed by atoms with Gasteiger partial charge in [0, 0.05) is 47.3 Å². The Morgan fingerprint density at radius 3 is 2.50 bits per heavy atom. The van der Waals surface area contributed by atoms with Gasteiger partial charge in [0.15, 0.2) is 11.5 Å². The quantitative estimate of drug-likeness (QED) is 0.313. The Kier molecular flexibility index (Phi) is 9.89. The average Bonchev–Trinajstić information content (AvgIpc) is 3.36. The summed E-state index contributed by atoms with van der Waals surface area (Å²) in [6.07, 6.45) is 0.908. The van der Waals surface area contributed by atoms with Crippen LogP contribution in [0, 0.1) is 11.7 Å². The van der Waals surface area contributed by atoms with Crippen molar-refractivity contribution in [3.8, 4) is 11.5 Å². The molecule has 0 radical (unpaired) electrons. The number of carboxylic acids is 1. The van der Waals surface area contributed by atoms with E-state index in [1.165, 1.54) is 26.0 Å². The summed E-state index contributed by atoms with van der Waals surface area (Å²) in [5, 5.41) is 19.3. The first-order valence-electron chi connectivity index (χ1n) is 12.0. The summed E-state index contributed by atoms with van der Waals surface area (Å²) in [4.78, 5) is 24.1. The molecular weight excluding hydrogens is 536 g/mol. The Balaban J connectivity index is 0.00000400. The van der Waals surface area contributed by atoms with E-state index >= 15 is 0 Å². The van der Waals surface area contributed by atoms with Crippen LogP contribution in [0.15, 0.2) is 33.3 Å². The second-order valence-corrected chi connectivity index (χ2v) is 10.1. The van der Waals surface area contributed by atoms with E-state index < -0.39 is 35.3 Å². The molecule has 1 aromatic carbocycles.